The third-order valence-corrected chi connectivity index (χ3v) is 7.26. The zero-order chi connectivity index (χ0) is 19.9. The van der Waals surface area contributed by atoms with Gasteiger partial charge in [-0.2, -0.15) is 11.8 Å². The molecule has 1 heterocycles. The first-order valence-electron chi connectivity index (χ1n) is 9.38. The number of hydrogen-bond acceptors (Lipinski definition) is 4. The fraction of sp³-hybridized carbons (Fsp3) is 0.364. The Morgan fingerprint density at radius 3 is 2.21 bits per heavy atom. The number of carboxylic acids is 1. The van der Waals surface area contributed by atoms with Crippen LogP contribution in [-0.2, 0) is 9.53 Å². The van der Waals surface area contributed by atoms with Gasteiger partial charge in [-0.05, 0) is 28.7 Å². The fourth-order valence-corrected chi connectivity index (χ4v) is 5.65. The molecule has 1 fully saturated rings. The molecule has 0 bridgehead atoms. The molecule has 1 amide bonds. The van der Waals surface area contributed by atoms with E-state index in [4.69, 9.17) is 4.74 Å². The van der Waals surface area contributed by atoms with E-state index in [1.165, 1.54) is 11.9 Å². The molecule has 4 rings (SSSR count). The number of amides is 1. The Labute approximate surface area is 168 Å². The topological polar surface area (TPSA) is 66.8 Å². The molecular formula is C22H23NO4S. The average molecular weight is 397 g/mol. The maximum absolute atomic E-state index is 12.8. The minimum atomic E-state index is -1.20. The highest BCUT2D eigenvalue weighted by molar-refractivity contribution is 8.00. The first-order chi connectivity index (χ1) is 13.4. The second-order valence-corrected chi connectivity index (χ2v) is 8.95. The lowest BCUT2D eigenvalue weighted by Gasteiger charge is -2.33. The normalized spacial score (nSPS) is 23.1. The number of carbonyl (C=O) groups is 2. The third-order valence-electron chi connectivity index (χ3n) is 5.88. The summed E-state index contributed by atoms with van der Waals surface area (Å²) < 4.78 is 5.64. The van der Waals surface area contributed by atoms with Crippen LogP contribution in [0.25, 0.3) is 11.1 Å². The lowest BCUT2D eigenvalue weighted by molar-refractivity contribution is -0.148. The van der Waals surface area contributed by atoms with E-state index >= 15 is 0 Å². The zero-order valence-electron chi connectivity index (χ0n) is 15.9. The van der Waals surface area contributed by atoms with Crippen molar-refractivity contribution >= 4 is 23.8 Å². The maximum atomic E-state index is 12.8. The van der Waals surface area contributed by atoms with Crippen molar-refractivity contribution in [3.8, 4) is 11.1 Å². The van der Waals surface area contributed by atoms with Crippen LogP contribution in [0.15, 0.2) is 48.5 Å². The number of fused-ring (bicyclic) bond motifs is 3. The van der Waals surface area contributed by atoms with Gasteiger partial charge < -0.3 is 9.84 Å². The molecule has 2 aromatic carbocycles. The summed E-state index contributed by atoms with van der Waals surface area (Å²) in [4.78, 5) is 26.0. The van der Waals surface area contributed by atoms with Crippen LogP contribution < -0.4 is 0 Å². The van der Waals surface area contributed by atoms with Gasteiger partial charge in [0.2, 0.25) is 0 Å². The number of carbonyl (C=O) groups excluding carboxylic acids is 1. The summed E-state index contributed by atoms with van der Waals surface area (Å²) in [5.74, 6) is -0.632. The number of nitrogens with zero attached hydrogens (tertiary/aromatic N) is 1. The van der Waals surface area contributed by atoms with Crippen molar-refractivity contribution in [2.45, 2.75) is 30.1 Å². The molecule has 2 aromatic rings. The van der Waals surface area contributed by atoms with E-state index in [1.54, 1.807) is 11.8 Å². The van der Waals surface area contributed by atoms with Crippen LogP contribution in [0, 0.1) is 0 Å². The van der Waals surface area contributed by atoms with Crippen molar-refractivity contribution in [2.75, 3.05) is 19.4 Å². The molecular weight excluding hydrogens is 374 g/mol. The Bertz CT molecular complexity index is 885. The summed E-state index contributed by atoms with van der Waals surface area (Å²) in [5, 5.41) is 9.97. The quantitative estimate of drug-likeness (QED) is 0.837. The minimum Gasteiger partial charge on any atom is -0.479 e. The molecule has 1 saturated heterocycles. The van der Waals surface area contributed by atoms with Gasteiger partial charge in [-0.3, -0.25) is 4.90 Å². The molecule has 5 nitrogen and oxygen atoms in total. The number of aliphatic carboxylic acids is 1. The predicted molar refractivity (Wildman–Crippen MR) is 110 cm³/mol. The molecule has 1 aliphatic heterocycles. The van der Waals surface area contributed by atoms with Gasteiger partial charge in [0.1, 0.15) is 6.61 Å². The van der Waals surface area contributed by atoms with Gasteiger partial charge >= 0.3 is 12.1 Å². The van der Waals surface area contributed by atoms with Crippen LogP contribution >= 0.6 is 11.8 Å². The standard InChI is InChI=1S/C22H23NO4S/c1-14-11-22(13-28-14,20(24)25)23(2)21(26)27-12-19-17-9-5-3-7-15(17)16-8-4-6-10-18(16)19/h3-10,14,19H,11-13H2,1-2H3,(H,24,25). The average Bonchev–Trinajstić information content (AvgIpc) is 3.25. The smallest absolute Gasteiger partial charge is 0.410 e. The first kappa shape index (κ1) is 18.9. The molecule has 0 aromatic heterocycles. The Kier molecular flexibility index (Phi) is 4.83. The van der Waals surface area contributed by atoms with Crippen molar-refractivity contribution in [1.29, 1.82) is 0 Å². The van der Waals surface area contributed by atoms with Gasteiger partial charge in [-0.1, -0.05) is 55.5 Å². The molecule has 6 heteroatoms. The molecule has 0 saturated carbocycles. The predicted octanol–water partition coefficient (Wildman–Crippen LogP) is 4.22. The van der Waals surface area contributed by atoms with Gasteiger partial charge in [-0.15, -0.1) is 0 Å². The van der Waals surface area contributed by atoms with E-state index in [1.807, 2.05) is 31.2 Å². The summed E-state index contributed by atoms with van der Waals surface area (Å²) in [6, 6.07) is 16.3. The third kappa shape index (κ3) is 2.96. The monoisotopic (exact) mass is 397 g/mol. The van der Waals surface area contributed by atoms with E-state index in [-0.39, 0.29) is 17.8 Å². The Morgan fingerprint density at radius 2 is 1.71 bits per heavy atom. The molecule has 146 valence electrons. The second-order valence-electron chi connectivity index (χ2n) is 7.53. The molecule has 2 atom stereocenters. The Balaban J connectivity index is 1.53. The number of rotatable bonds is 4. The number of hydrogen-bond donors (Lipinski definition) is 1. The molecule has 1 aliphatic carbocycles. The van der Waals surface area contributed by atoms with Crippen LogP contribution in [0.3, 0.4) is 0 Å². The van der Waals surface area contributed by atoms with Crippen LogP contribution in [0.2, 0.25) is 0 Å². The highest BCUT2D eigenvalue weighted by Gasteiger charge is 2.50. The van der Waals surface area contributed by atoms with Crippen molar-refractivity contribution in [1.82, 2.24) is 4.90 Å². The number of ether oxygens (including phenoxy) is 1. The summed E-state index contributed by atoms with van der Waals surface area (Å²) in [7, 11) is 1.53. The van der Waals surface area contributed by atoms with E-state index in [0.717, 1.165) is 22.3 Å². The summed E-state index contributed by atoms with van der Waals surface area (Å²) in [6.45, 7) is 2.18. The molecule has 2 aliphatic rings. The summed E-state index contributed by atoms with van der Waals surface area (Å²) in [5.41, 5.74) is 3.40. The molecule has 0 spiro atoms. The van der Waals surface area contributed by atoms with E-state index in [9.17, 15) is 14.7 Å². The Morgan fingerprint density at radius 1 is 1.14 bits per heavy atom. The Hall–Kier alpha value is -2.47. The van der Waals surface area contributed by atoms with E-state index in [2.05, 4.69) is 24.3 Å². The SMILES string of the molecule is CC1CC(C(=O)O)(N(C)C(=O)OCC2c3ccccc3-c3ccccc32)CS1. The van der Waals surface area contributed by atoms with Gasteiger partial charge in [0.05, 0.1) is 0 Å². The maximum Gasteiger partial charge on any atom is 0.410 e. The number of likely N-dealkylation sites (N-methyl/N-ethyl adjacent to an activating group) is 1. The van der Waals surface area contributed by atoms with Crippen LogP contribution in [0.4, 0.5) is 4.79 Å². The van der Waals surface area contributed by atoms with E-state index < -0.39 is 17.6 Å². The van der Waals surface area contributed by atoms with Crippen molar-refractivity contribution < 1.29 is 19.4 Å². The lowest BCUT2D eigenvalue weighted by Crippen LogP contribution is -2.56. The van der Waals surface area contributed by atoms with Gasteiger partial charge in [0.15, 0.2) is 5.54 Å². The van der Waals surface area contributed by atoms with Gasteiger partial charge in [-0.25, -0.2) is 9.59 Å². The largest absolute Gasteiger partial charge is 0.479 e. The molecule has 1 N–H and O–H groups in total. The van der Waals surface area contributed by atoms with Crippen molar-refractivity contribution in [3.63, 3.8) is 0 Å². The highest BCUT2D eigenvalue weighted by Crippen LogP contribution is 2.45. The van der Waals surface area contributed by atoms with Crippen LogP contribution in [-0.4, -0.2) is 52.3 Å². The minimum absolute atomic E-state index is 0.0394. The first-order valence-corrected chi connectivity index (χ1v) is 10.4. The highest BCUT2D eigenvalue weighted by atomic mass is 32.2. The number of carboxylic acid groups (broad SMARTS) is 1. The summed E-state index contributed by atoms with van der Waals surface area (Å²) >= 11 is 1.57. The van der Waals surface area contributed by atoms with Gasteiger partial charge in [0.25, 0.3) is 0 Å². The second kappa shape index (κ2) is 7.17. The molecule has 28 heavy (non-hydrogen) atoms. The molecule has 2 unspecified atom stereocenters. The zero-order valence-corrected chi connectivity index (χ0v) is 16.7. The van der Waals surface area contributed by atoms with E-state index in [0.29, 0.717) is 12.2 Å². The van der Waals surface area contributed by atoms with Crippen molar-refractivity contribution in [2.24, 2.45) is 0 Å². The number of benzene rings is 2. The van der Waals surface area contributed by atoms with Crippen molar-refractivity contribution in [3.05, 3.63) is 59.7 Å². The van der Waals surface area contributed by atoms with Crippen LogP contribution in [0.1, 0.15) is 30.4 Å². The number of thioether (sulfide) groups is 1. The molecule has 0 radical (unpaired) electrons. The summed E-state index contributed by atoms with van der Waals surface area (Å²) in [6.07, 6.45) is -0.160. The fourth-order valence-electron chi connectivity index (χ4n) is 4.27. The van der Waals surface area contributed by atoms with Gasteiger partial charge in [0, 0.05) is 24.0 Å². The lowest BCUT2D eigenvalue weighted by atomic mass is 9.95. The van der Waals surface area contributed by atoms with Crippen LogP contribution in [0.5, 0.6) is 0 Å².